The van der Waals surface area contributed by atoms with Crippen molar-refractivity contribution in [1.29, 1.82) is 0 Å². The summed E-state index contributed by atoms with van der Waals surface area (Å²) < 4.78 is 5.87. The van der Waals surface area contributed by atoms with Crippen LogP contribution in [0.1, 0.15) is 24.5 Å². The predicted molar refractivity (Wildman–Crippen MR) is 71.8 cm³/mol. The fourth-order valence-corrected chi connectivity index (χ4v) is 2.43. The maximum Gasteiger partial charge on any atom is 0.226 e. The van der Waals surface area contributed by atoms with Crippen LogP contribution in [-0.4, -0.2) is 18.1 Å². The molecule has 0 amide bonds. The Morgan fingerprint density at radius 1 is 1.17 bits per heavy atom. The van der Waals surface area contributed by atoms with E-state index in [0.717, 1.165) is 42.3 Å². The van der Waals surface area contributed by atoms with E-state index in [2.05, 4.69) is 10.3 Å². The van der Waals surface area contributed by atoms with Gasteiger partial charge >= 0.3 is 0 Å². The number of benzene rings is 1. The average Bonchev–Trinajstić information content (AvgIpc) is 2.90. The van der Waals surface area contributed by atoms with Gasteiger partial charge in [-0.25, -0.2) is 4.98 Å². The Morgan fingerprint density at radius 3 is 2.61 bits per heavy atom. The number of nitrogens with zero attached hydrogens (tertiary/aromatic N) is 1. The van der Waals surface area contributed by atoms with E-state index in [1.165, 1.54) is 0 Å². The molecule has 4 heteroatoms. The minimum absolute atomic E-state index is 0.500. The van der Waals surface area contributed by atoms with Gasteiger partial charge in [-0.1, -0.05) is 11.6 Å². The van der Waals surface area contributed by atoms with Crippen molar-refractivity contribution in [2.75, 3.05) is 13.1 Å². The molecule has 94 valence electrons. The Bertz CT molecular complexity index is 515. The monoisotopic (exact) mass is 262 g/mol. The quantitative estimate of drug-likeness (QED) is 0.901. The highest BCUT2D eigenvalue weighted by Crippen LogP contribution is 2.29. The summed E-state index contributed by atoms with van der Waals surface area (Å²) in [5, 5.41) is 4.08. The van der Waals surface area contributed by atoms with Crippen LogP contribution in [0.3, 0.4) is 0 Å². The maximum atomic E-state index is 5.87. The number of hydrogen-bond donors (Lipinski definition) is 1. The van der Waals surface area contributed by atoms with E-state index < -0.39 is 0 Å². The van der Waals surface area contributed by atoms with E-state index in [0.29, 0.717) is 11.8 Å². The molecule has 1 saturated heterocycles. The maximum absolute atomic E-state index is 5.87. The van der Waals surface area contributed by atoms with Crippen LogP contribution in [0, 0.1) is 0 Å². The molecule has 0 bridgehead atoms. The summed E-state index contributed by atoms with van der Waals surface area (Å²) in [5.41, 5.74) is 0.972. The van der Waals surface area contributed by atoms with Crippen LogP contribution in [0.5, 0.6) is 0 Å². The smallest absolute Gasteiger partial charge is 0.226 e. The van der Waals surface area contributed by atoms with Crippen molar-refractivity contribution >= 4 is 11.6 Å². The highest BCUT2D eigenvalue weighted by molar-refractivity contribution is 6.30. The summed E-state index contributed by atoms with van der Waals surface area (Å²) in [6, 6.07) is 7.57. The van der Waals surface area contributed by atoms with Gasteiger partial charge in [-0.05, 0) is 50.2 Å². The third-order valence-electron chi connectivity index (χ3n) is 3.36. The summed E-state index contributed by atoms with van der Waals surface area (Å²) >= 11 is 5.87. The number of nitrogens with one attached hydrogen (secondary N) is 1. The summed E-state index contributed by atoms with van der Waals surface area (Å²) in [6.07, 6.45) is 4.10. The molecule has 1 aliphatic rings. The zero-order chi connectivity index (χ0) is 12.4. The van der Waals surface area contributed by atoms with Crippen molar-refractivity contribution in [3.05, 3.63) is 41.2 Å². The number of aromatic nitrogens is 1. The highest BCUT2D eigenvalue weighted by atomic mass is 35.5. The van der Waals surface area contributed by atoms with Crippen LogP contribution >= 0.6 is 11.6 Å². The minimum atomic E-state index is 0.500. The molecule has 3 rings (SSSR count). The Kier molecular flexibility index (Phi) is 3.35. The summed E-state index contributed by atoms with van der Waals surface area (Å²) in [7, 11) is 0. The molecule has 1 fully saturated rings. The van der Waals surface area contributed by atoms with Crippen molar-refractivity contribution in [1.82, 2.24) is 10.3 Å². The molecular weight excluding hydrogens is 248 g/mol. The third kappa shape index (κ3) is 2.42. The van der Waals surface area contributed by atoms with Gasteiger partial charge in [-0.15, -0.1) is 0 Å². The Morgan fingerprint density at radius 2 is 1.89 bits per heavy atom. The largest absolute Gasteiger partial charge is 0.441 e. The molecule has 0 radical (unpaired) electrons. The molecule has 18 heavy (non-hydrogen) atoms. The highest BCUT2D eigenvalue weighted by Gasteiger charge is 2.19. The second-order valence-electron chi connectivity index (χ2n) is 4.60. The summed E-state index contributed by atoms with van der Waals surface area (Å²) in [6.45, 7) is 2.11. The minimum Gasteiger partial charge on any atom is -0.441 e. The first-order valence-electron chi connectivity index (χ1n) is 6.25. The lowest BCUT2D eigenvalue weighted by molar-refractivity contribution is 0.390. The van der Waals surface area contributed by atoms with Crippen molar-refractivity contribution in [3.63, 3.8) is 0 Å². The molecule has 0 aliphatic carbocycles. The number of oxazole rings is 1. The fourth-order valence-electron chi connectivity index (χ4n) is 2.31. The summed E-state index contributed by atoms with van der Waals surface area (Å²) in [5.74, 6) is 2.18. The SMILES string of the molecule is Clc1ccc(-c2ncc(C3CCNCC3)o2)cc1. The van der Waals surface area contributed by atoms with Crippen LogP contribution < -0.4 is 5.32 Å². The zero-order valence-electron chi connectivity index (χ0n) is 10.0. The molecule has 2 heterocycles. The molecule has 0 spiro atoms. The molecule has 0 saturated carbocycles. The van der Waals surface area contributed by atoms with Crippen LogP contribution in [-0.2, 0) is 0 Å². The molecule has 1 aromatic heterocycles. The van der Waals surface area contributed by atoms with Gasteiger partial charge < -0.3 is 9.73 Å². The van der Waals surface area contributed by atoms with Gasteiger partial charge in [0.2, 0.25) is 5.89 Å². The molecular formula is C14H15ClN2O. The summed E-state index contributed by atoms with van der Waals surface area (Å²) in [4.78, 5) is 4.36. The molecule has 1 aliphatic heterocycles. The zero-order valence-corrected chi connectivity index (χ0v) is 10.8. The van der Waals surface area contributed by atoms with Gasteiger partial charge in [0.05, 0.1) is 6.20 Å². The van der Waals surface area contributed by atoms with Gasteiger partial charge in [-0.2, -0.15) is 0 Å². The normalized spacial score (nSPS) is 16.9. The predicted octanol–water partition coefficient (Wildman–Crippen LogP) is 3.46. The van der Waals surface area contributed by atoms with Crippen LogP contribution in [0.2, 0.25) is 5.02 Å². The first-order chi connectivity index (χ1) is 8.83. The second kappa shape index (κ2) is 5.12. The van der Waals surface area contributed by atoms with Crippen molar-refractivity contribution in [2.24, 2.45) is 0 Å². The lowest BCUT2D eigenvalue weighted by atomic mass is 9.96. The average molecular weight is 263 g/mol. The lowest BCUT2D eigenvalue weighted by Gasteiger charge is -2.19. The standard InChI is InChI=1S/C14H15ClN2O/c15-12-3-1-11(2-4-12)14-17-9-13(18-14)10-5-7-16-8-6-10/h1-4,9-10,16H,5-8H2. The van der Waals surface area contributed by atoms with E-state index >= 15 is 0 Å². The third-order valence-corrected chi connectivity index (χ3v) is 3.61. The van der Waals surface area contributed by atoms with Gasteiger partial charge in [0.15, 0.2) is 0 Å². The first-order valence-corrected chi connectivity index (χ1v) is 6.63. The fraction of sp³-hybridized carbons (Fsp3) is 0.357. The molecule has 2 aromatic rings. The van der Waals surface area contributed by atoms with E-state index in [9.17, 15) is 0 Å². The lowest BCUT2D eigenvalue weighted by Crippen LogP contribution is -2.26. The first kappa shape index (κ1) is 11.8. The van der Waals surface area contributed by atoms with E-state index in [1.54, 1.807) is 0 Å². The molecule has 1 N–H and O–H groups in total. The molecule has 0 unspecified atom stereocenters. The van der Waals surface area contributed by atoms with E-state index in [1.807, 2.05) is 30.5 Å². The van der Waals surface area contributed by atoms with Gasteiger partial charge in [0.25, 0.3) is 0 Å². The number of piperidine rings is 1. The van der Waals surface area contributed by atoms with Gasteiger partial charge in [0, 0.05) is 16.5 Å². The Hall–Kier alpha value is -1.32. The number of hydrogen-bond acceptors (Lipinski definition) is 3. The van der Waals surface area contributed by atoms with Crippen molar-refractivity contribution < 1.29 is 4.42 Å². The topological polar surface area (TPSA) is 38.1 Å². The van der Waals surface area contributed by atoms with Crippen LogP contribution in [0.25, 0.3) is 11.5 Å². The Balaban J connectivity index is 1.82. The molecule has 3 nitrogen and oxygen atoms in total. The van der Waals surface area contributed by atoms with E-state index in [4.69, 9.17) is 16.0 Å². The second-order valence-corrected chi connectivity index (χ2v) is 5.04. The van der Waals surface area contributed by atoms with Gasteiger partial charge in [-0.3, -0.25) is 0 Å². The van der Waals surface area contributed by atoms with Crippen LogP contribution in [0.4, 0.5) is 0 Å². The Labute approximate surface area is 111 Å². The number of rotatable bonds is 2. The molecule has 0 atom stereocenters. The van der Waals surface area contributed by atoms with Gasteiger partial charge in [0.1, 0.15) is 5.76 Å². The van der Waals surface area contributed by atoms with Crippen molar-refractivity contribution in [3.8, 4) is 11.5 Å². The number of halogens is 1. The van der Waals surface area contributed by atoms with Crippen molar-refractivity contribution in [2.45, 2.75) is 18.8 Å². The molecule has 1 aromatic carbocycles. The van der Waals surface area contributed by atoms with Crippen LogP contribution in [0.15, 0.2) is 34.9 Å². The van der Waals surface area contributed by atoms with E-state index in [-0.39, 0.29) is 0 Å².